The summed E-state index contributed by atoms with van der Waals surface area (Å²) in [6, 6.07) is 8.28. The Kier molecular flexibility index (Phi) is 11.1. The van der Waals surface area contributed by atoms with Gasteiger partial charge in [-0.15, -0.1) is 0 Å². The van der Waals surface area contributed by atoms with E-state index in [-0.39, 0.29) is 7.43 Å². The number of hydrogen-bond donors (Lipinski definition) is 1. The van der Waals surface area contributed by atoms with Crippen molar-refractivity contribution in [1.82, 2.24) is 0 Å². The number of rotatable bonds is 2. The van der Waals surface area contributed by atoms with Crippen LogP contribution in [0.1, 0.15) is 33.8 Å². The molecule has 2 N–H and O–H groups in total. The van der Waals surface area contributed by atoms with Crippen LogP contribution in [0.2, 0.25) is 0 Å². The van der Waals surface area contributed by atoms with E-state index >= 15 is 0 Å². The van der Waals surface area contributed by atoms with Crippen LogP contribution in [0.4, 0.5) is 0 Å². The Balaban J connectivity index is 0. The fourth-order valence-electron chi connectivity index (χ4n) is 0.839. The highest BCUT2D eigenvalue weighted by Crippen LogP contribution is 2.13. The Morgan fingerprint density at radius 3 is 2.38 bits per heavy atom. The predicted molar refractivity (Wildman–Crippen MR) is 63.9 cm³/mol. The van der Waals surface area contributed by atoms with E-state index in [1.165, 1.54) is 17.5 Å². The minimum atomic E-state index is 0. The molecule has 0 aliphatic heterocycles. The van der Waals surface area contributed by atoms with Crippen LogP contribution in [-0.2, 0) is 6.42 Å². The molecule has 0 aliphatic rings. The molecule has 0 unspecified atom stereocenters. The van der Waals surface area contributed by atoms with Gasteiger partial charge in [0.15, 0.2) is 0 Å². The van der Waals surface area contributed by atoms with E-state index in [0.717, 1.165) is 11.3 Å². The van der Waals surface area contributed by atoms with Gasteiger partial charge in [-0.25, -0.2) is 0 Å². The van der Waals surface area contributed by atoms with Crippen LogP contribution in [0.3, 0.4) is 0 Å². The lowest BCUT2D eigenvalue weighted by Crippen LogP contribution is -1.82. The van der Waals surface area contributed by atoms with Crippen LogP contribution in [0, 0.1) is 0 Å². The molecule has 1 aromatic rings. The molecule has 0 amide bonds. The SMILES string of the molecule is C.CC.CCc1cccc(SN)c1. The normalized spacial score (nSPS) is 8.00. The molecule has 0 atom stereocenters. The van der Waals surface area contributed by atoms with E-state index in [1.807, 2.05) is 26.0 Å². The van der Waals surface area contributed by atoms with Crippen molar-refractivity contribution in [1.29, 1.82) is 0 Å². The van der Waals surface area contributed by atoms with Crippen molar-refractivity contribution in [3.05, 3.63) is 29.8 Å². The molecule has 1 rings (SSSR count). The molecule has 1 nitrogen and oxygen atoms in total. The molecular formula is C11H21NS. The Morgan fingerprint density at radius 2 is 1.92 bits per heavy atom. The molecule has 0 saturated heterocycles. The highest BCUT2D eigenvalue weighted by atomic mass is 32.2. The quantitative estimate of drug-likeness (QED) is 0.732. The summed E-state index contributed by atoms with van der Waals surface area (Å²) < 4.78 is 0. The lowest BCUT2D eigenvalue weighted by atomic mass is 10.2. The standard InChI is InChI=1S/C8H11NS.C2H6.CH4/c1-2-7-4-3-5-8(6-7)10-9;1-2;/h3-6H,2,9H2,1H3;1-2H3;1H4. The molecule has 1 aromatic carbocycles. The van der Waals surface area contributed by atoms with Gasteiger partial charge in [0.05, 0.1) is 0 Å². The summed E-state index contributed by atoms with van der Waals surface area (Å²) in [6.07, 6.45) is 1.08. The van der Waals surface area contributed by atoms with Crippen molar-refractivity contribution < 1.29 is 0 Å². The summed E-state index contributed by atoms with van der Waals surface area (Å²) in [5.41, 5.74) is 1.34. The summed E-state index contributed by atoms with van der Waals surface area (Å²) in [5, 5.41) is 5.39. The monoisotopic (exact) mass is 199 g/mol. The molecule has 0 fully saturated rings. The largest absolute Gasteiger partial charge is 0.274 e. The zero-order valence-electron chi connectivity index (χ0n) is 8.00. The zero-order valence-corrected chi connectivity index (χ0v) is 8.82. The molecule has 13 heavy (non-hydrogen) atoms. The Bertz CT molecular complexity index is 192. The van der Waals surface area contributed by atoms with Crippen molar-refractivity contribution in [2.45, 2.75) is 39.5 Å². The van der Waals surface area contributed by atoms with E-state index in [0.29, 0.717) is 0 Å². The van der Waals surface area contributed by atoms with Crippen LogP contribution in [0.15, 0.2) is 29.2 Å². The van der Waals surface area contributed by atoms with Gasteiger partial charge in [0, 0.05) is 4.90 Å². The van der Waals surface area contributed by atoms with E-state index in [4.69, 9.17) is 5.14 Å². The van der Waals surface area contributed by atoms with Gasteiger partial charge in [-0.3, -0.25) is 5.14 Å². The second kappa shape index (κ2) is 9.62. The smallest absolute Gasteiger partial charge is 0.0228 e. The molecule has 0 saturated carbocycles. The molecule has 0 radical (unpaired) electrons. The molecular weight excluding hydrogens is 178 g/mol. The molecule has 0 spiro atoms. The second-order valence-electron chi connectivity index (χ2n) is 2.12. The molecule has 0 heterocycles. The van der Waals surface area contributed by atoms with Crippen LogP contribution in [0.25, 0.3) is 0 Å². The van der Waals surface area contributed by atoms with Crippen molar-refractivity contribution in [2.24, 2.45) is 5.14 Å². The minimum Gasteiger partial charge on any atom is -0.274 e. The summed E-state index contributed by atoms with van der Waals surface area (Å²) in [5.74, 6) is 0. The van der Waals surface area contributed by atoms with E-state index < -0.39 is 0 Å². The maximum absolute atomic E-state index is 5.39. The summed E-state index contributed by atoms with van der Waals surface area (Å²) >= 11 is 1.30. The highest BCUT2D eigenvalue weighted by Gasteiger charge is 1.90. The van der Waals surface area contributed by atoms with Gasteiger partial charge in [0.25, 0.3) is 0 Å². The van der Waals surface area contributed by atoms with Crippen LogP contribution in [-0.4, -0.2) is 0 Å². The molecule has 76 valence electrons. The summed E-state index contributed by atoms with van der Waals surface area (Å²) in [4.78, 5) is 1.14. The van der Waals surface area contributed by atoms with E-state index in [9.17, 15) is 0 Å². The third-order valence-electron chi connectivity index (χ3n) is 1.44. The maximum atomic E-state index is 5.39. The third kappa shape index (κ3) is 5.72. The van der Waals surface area contributed by atoms with Crippen molar-refractivity contribution >= 4 is 11.9 Å². The number of nitrogens with two attached hydrogens (primary N) is 1. The van der Waals surface area contributed by atoms with Gasteiger partial charge in [-0.2, -0.15) is 0 Å². The van der Waals surface area contributed by atoms with Crippen LogP contribution < -0.4 is 5.14 Å². The van der Waals surface area contributed by atoms with Crippen molar-refractivity contribution in [3.63, 3.8) is 0 Å². The first-order valence-electron chi connectivity index (χ1n) is 4.32. The molecule has 2 heteroatoms. The first-order chi connectivity index (χ1) is 5.86. The Labute approximate surface area is 86.9 Å². The van der Waals surface area contributed by atoms with Crippen LogP contribution >= 0.6 is 11.9 Å². The fourth-order valence-corrected chi connectivity index (χ4v) is 1.22. The minimum absolute atomic E-state index is 0. The zero-order chi connectivity index (χ0) is 9.40. The molecule has 0 aromatic heterocycles. The average molecular weight is 199 g/mol. The van der Waals surface area contributed by atoms with Crippen molar-refractivity contribution in [2.75, 3.05) is 0 Å². The van der Waals surface area contributed by atoms with Gasteiger partial charge in [0.1, 0.15) is 0 Å². The Hall–Kier alpha value is -0.470. The van der Waals surface area contributed by atoms with Gasteiger partial charge in [0.2, 0.25) is 0 Å². The first kappa shape index (κ1) is 15.0. The van der Waals surface area contributed by atoms with Gasteiger partial charge in [-0.1, -0.05) is 40.3 Å². The number of aryl methyl sites for hydroxylation is 1. The second-order valence-corrected chi connectivity index (χ2v) is 2.83. The maximum Gasteiger partial charge on any atom is 0.0228 e. The van der Waals surface area contributed by atoms with E-state index in [1.54, 1.807) is 0 Å². The number of benzene rings is 1. The van der Waals surface area contributed by atoms with Gasteiger partial charge < -0.3 is 0 Å². The fraction of sp³-hybridized carbons (Fsp3) is 0.455. The average Bonchev–Trinajstić information content (AvgIpc) is 2.21. The van der Waals surface area contributed by atoms with Gasteiger partial charge >= 0.3 is 0 Å². The predicted octanol–water partition coefficient (Wildman–Crippen LogP) is 3.88. The first-order valence-corrected chi connectivity index (χ1v) is 5.20. The molecule has 0 aliphatic carbocycles. The van der Waals surface area contributed by atoms with E-state index in [2.05, 4.69) is 19.1 Å². The lowest BCUT2D eigenvalue weighted by Gasteiger charge is -1.97. The number of hydrogen-bond acceptors (Lipinski definition) is 2. The third-order valence-corrected chi connectivity index (χ3v) is 1.97. The molecule has 0 bridgehead atoms. The van der Waals surface area contributed by atoms with Crippen LogP contribution in [0.5, 0.6) is 0 Å². The highest BCUT2D eigenvalue weighted by molar-refractivity contribution is 7.97. The van der Waals surface area contributed by atoms with Crippen molar-refractivity contribution in [3.8, 4) is 0 Å². The summed E-state index contributed by atoms with van der Waals surface area (Å²) in [7, 11) is 0. The lowest BCUT2D eigenvalue weighted by molar-refractivity contribution is 1.12. The summed E-state index contributed by atoms with van der Waals surface area (Å²) in [6.45, 7) is 6.14. The van der Waals surface area contributed by atoms with Gasteiger partial charge in [-0.05, 0) is 36.1 Å². The Morgan fingerprint density at radius 1 is 1.31 bits per heavy atom. The topological polar surface area (TPSA) is 26.0 Å².